The summed E-state index contributed by atoms with van der Waals surface area (Å²) in [4.78, 5) is 12.9. The number of fused-ring (bicyclic) bond motifs is 1. The molecule has 0 radical (unpaired) electrons. The van der Waals surface area contributed by atoms with Crippen molar-refractivity contribution in [1.82, 2.24) is 14.3 Å². The Balaban J connectivity index is 1.80. The largest absolute Gasteiger partial charge is 0.462 e. The predicted octanol–water partition coefficient (Wildman–Crippen LogP) is 6.19. The molecule has 5 nitrogen and oxygen atoms in total. The molecule has 1 atom stereocenters. The van der Waals surface area contributed by atoms with Crippen molar-refractivity contribution in [3.05, 3.63) is 72.2 Å². The Hall–Kier alpha value is -2.84. The Labute approximate surface area is 186 Å². The molecule has 4 rings (SSSR count). The van der Waals surface area contributed by atoms with Crippen LogP contribution in [0, 0.1) is 11.6 Å². The first-order chi connectivity index (χ1) is 14.9. The van der Waals surface area contributed by atoms with Crippen LogP contribution in [0.3, 0.4) is 0 Å². The van der Waals surface area contributed by atoms with Crippen molar-refractivity contribution >= 4 is 40.2 Å². The fourth-order valence-corrected chi connectivity index (χ4v) is 4.34. The van der Waals surface area contributed by atoms with E-state index in [0.717, 1.165) is 11.8 Å². The molecule has 4 aromatic rings. The zero-order valence-electron chi connectivity index (χ0n) is 16.7. The number of benzene rings is 2. The van der Waals surface area contributed by atoms with Crippen molar-refractivity contribution in [2.45, 2.75) is 29.1 Å². The van der Waals surface area contributed by atoms with E-state index in [2.05, 4.69) is 5.10 Å². The number of carbonyl (C=O) groups is 1. The van der Waals surface area contributed by atoms with Crippen LogP contribution in [0.4, 0.5) is 8.78 Å². The van der Waals surface area contributed by atoms with Crippen LogP contribution in [0.15, 0.2) is 64.8 Å². The Morgan fingerprint density at radius 2 is 1.97 bits per heavy atom. The second-order valence-corrected chi connectivity index (χ2v) is 8.41. The number of nitrogens with zero attached hydrogens (tertiary/aromatic N) is 3. The molecule has 0 aliphatic carbocycles. The van der Waals surface area contributed by atoms with Crippen molar-refractivity contribution in [1.29, 1.82) is 0 Å². The molecule has 0 saturated carbocycles. The first-order valence-corrected chi connectivity index (χ1v) is 10.8. The maximum absolute atomic E-state index is 15.0. The lowest BCUT2D eigenvalue weighted by Gasteiger charge is -2.07. The quantitative estimate of drug-likeness (QED) is 0.254. The lowest BCUT2D eigenvalue weighted by Crippen LogP contribution is -2.07. The standard InChI is InChI=1S/C22H18ClF2N3O2S/c1-3-30-22(29)16-7-5-9-18(20(16)25)31-19-12-27(14-10-26-28(11-14)13(2)23)21-15(19)6-4-8-17(21)24/h4-13H,3H2,1-2H3. The molecule has 160 valence electrons. The second kappa shape index (κ2) is 8.72. The van der Waals surface area contributed by atoms with Gasteiger partial charge in [0.15, 0.2) is 5.82 Å². The van der Waals surface area contributed by atoms with E-state index in [4.69, 9.17) is 16.3 Å². The van der Waals surface area contributed by atoms with E-state index in [9.17, 15) is 9.18 Å². The van der Waals surface area contributed by atoms with Gasteiger partial charge in [-0.2, -0.15) is 5.10 Å². The highest BCUT2D eigenvalue weighted by Gasteiger charge is 2.20. The van der Waals surface area contributed by atoms with E-state index >= 15 is 4.39 Å². The number of alkyl halides is 1. The van der Waals surface area contributed by atoms with Crippen LogP contribution in [0.2, 0.25) is 0 Å². The summed E-state index contributed by atoms with van der Waals surface area (Å²) >= 11 is 7.19. The Morgan fingerprint density at radius 1 is 1.19 bits per heavy atom. The van der Waals surface area contributed by atoms with Gasteiger partial charge in [-0.15, -0.1) is 0 Å². The van der Waals surface area contributed by atoms with Gasteiger partial charge in [-0.05, 0) is 32.0 Å². The molecule has 2 aromatic heterocycles. The monoisotopic (exact) mass is 461 g/mol. The molecular weight excluding hydrogens is 444 g/mol. The van der Waals surface area contributed by atoms with Gasteiger partial charge in [-0.25, -0.2) is 13.6 Å². The first kappa shape index (κ1) is 21.4. The summed E-state index contributed by atoms with van der Waals surface area (Å²) in [5.41, 5.74) is 0.456. The van der Waals surface area contributed by atoms with Gasteiger partial charge in [-0.1, -0.05) is 41.6 Å². The highest BCUT2D eigenvalue weighted by Crippen LogP contribution is 2.39. The number of carbonyl (C=O) groups excluding carboxylic acids is 1. The molecule has 0 aliphatic rings. The maximum atomic E-state index is 15.0. The van der Waals surface area contributed by atoms with Gasteiger partial charge < -0.3 is 9.30 Å². The molecule has 0 amide bonds. The fourth-order valence-electron chi connectivity index (χ4n) is 3.22. The van der Waals surface area contributed by atoms with Crippen molar-refractivity contribution in [3.8, 4) is 5.69 Å². The van der Waals surface area contributed by atoms with E-state index in [1.165, 1.54) is 12.1 Å². The summed E-state index contributed by atoms with van der Waals surface area (Å²) in [5, 5.41) is 4.82. The number of rotatable bonds is 6. The number of esters is 1. The van der Waals surface area contributed by atoms with Crippen molar-refractivity contribution in [2.75, 3.05) is 6.61 Å². The molecule has 0 N–H and O–H groups in total. The molecule has 0 spiro atoms. The van der Waals surface area contributed by atoms with Gasteiger partial charge in [-0.3, -0.25) is 4.68 Å². The minimum Gasteiger partial charge on any atom is -0.462 e. The van der Waals surface area contributed by atoms with E-state index in [1.54, 1.807) is 66.0 Å². The highest BCUT2D eigenvalue weighted by atomic mass is 35.5. The highest BCUT2D eigenvalue weighted by molar-refractivity contribution is 7.99. The molecule has 0 fully saturated rings. The lowest BCUT2D eigenvalue weighted by molar-refractivity contribution is 0.0520. The second-order valence-electron chi connectivity index (χ2n) is 6.69. The van der Waals surface area contributed by atoms with E-state index in [0.29, 0.717) is 21.5 Å². The average Bonchev–Trinajstić information content (AvgIpc) is 3.36. The zero-order valence-corrected chi connectivity index (χ0v) is 18.3. The van der Waals surface area contributed by atoms with Crippen LogP contribution in [-0.4, -0.2) is 26.9 Å². The van der Waals surface area contributed by atoms with Gasteiger partial charge in [0.1, 0.15) is 11.3 Å². The Kier molecular flexibility index (Phi) is 6.02. The molecule has 0 saturated heterocycles. The van der Waals surface area contributed by atoms with Gasteiger partial charge in [0.25, 0.3) is 0 Å². The molecule has 0 aliphatic heterocycles. The van der Waals surface area contributed by atoms with E-state index < -0.39 is 17.6 Å². The smallest absolute Gasteiger partial charge is 0.341 e. The number of aromatic nitrogens is 3. The molecule has 2 aromatic carbocycles. The lowest BCUT2D eigenvalue weighted by atomic mass is 10.2. The fraction of sp³-hybridized carbons (Fsp3) is 0.182. The minimum absolute atomic E-state index is 0.140. The third-order valence-electron chi connectivity index (χ3n) is 4.65. The summed E-state index contributed by atoms with van der Waals surface area (Å²) in [6.07, 6.45) is 5.01. The summed E-state index contributed by atoms with van der Waals surface area (Å²) in [6.45, 7) is 3.58. The van der Waals surface area contributed by atoms with E-state index in [1.807, 2.05) is 0 Å². The summed E-state index contributed by atoms with van der Waals surface area (Å²) in [7, 11) is 0. The first-order valence-electron chi connectivity index (χ1n) is 9.52. The number of ether oxygens (including phenoxy) is 1. The SMILES string of the molecule is CCOC(=O)c1cccc(Sc2cn(-c3cnn(C(C)Cl)c3)c3c(F)cccc23)c1F. The average molecular weight is 462 g/mol. The molecule has 2 heterocycles. The third kappa shape index (κ3) is 4.05. The molecule has 1 unspecified atom stereocenters. The third-order valence-corrected chi connectivity index (χ3v) is 5.93. The van der Waals surface area contributed by atoms with Crippen LogP contribution in [-0.2, 0) is 4.74 Å². The number of para-hydroxylation sites is 1. The summed E-state index contributed by atoms with van der Waals surface area (Å²) in [6, 6.07) is 9.26. The minimum atomic E-state index is -0.724. The van der Waals surface area contributed by atoms with Gasteiger partial charge >= 0.3 is 5.97 Å². The summed E-state index contributed by atoms with van der Waals surface area (Å²) in [5.74, 6) is -1.82. The molecule has 9 heteroatoms. The summed E-state index contributed by atoms with van der Waals surface area (Å²) < 4.78 is 37.9. The molecule has 31 heavy (non-hydrogen) atoms. The van der Waals surface area contributed by atoms with Gasteiger partial charge in [0.2, 0.25) is 0 Å². The van der Waals surface area contributed by atoms with Crippen molar-refractivity contribution < 1.29 is 18.3 Å². The van der Waals surface area contributed by atoms with Crippen LogP contribution in [0.1, 0.15) is 29.7 Å². The van der Waals surface area contributed by atoms with Crippen LogP contribution < -0.4 is 0 Å². The topological polar surface area (TPSA) is 49.1 Å². The van der Waals surface area contributed by atoms with E-state index in [-0.39, 0.29) is 22.6 Å². The molecular formula is C22H18ClF2N3O2S. The maximum Gasteiger partial charge on any atom is 0.341 e. The van der Waals surface area contributed by atoms with Gasteiger partial charge in [0, 0.05) is 21.4 Å². The molecule has 0 bridgehead atoms. The van der Waals surface area contributed by atoms with Crippen molar-refractivity contribution in [2.24, 2.45) is 0 Å². The van der Waals surface area contributed by atoms with Crippen LogP contribution in [0.25, 0.3) is 16.6 Å². The predicted molar refractivity (Wildman–Crippen MR) is 116 cm³/mol. The van der Waals surface area contributed by atoms with Crippen molar-refractivity contribution in [3.63, 3.8) is 0 Å². The van der Waals surface area contributed by atoms with Crippen LogP contribution in [0.5, 0.6) is 0 Å². The number of hydrogen-bond acceptors (Lipinski definition) is 4. The van der Waals surface area contributed by atoms with Crippen LogP contribution >= 0.6 is 23.4 Å². The normalized spacial score (nSPS) is 12.3. The zero-order chi connectivity index (χ0) is 22.1. The number of hydrogen-bond donors (Lipinski definition) is 0. The number of halogens is 3. The van der Waals surface area contributed by atoms with Gasteiger partial charge in [0.05, 0.1) is 35.8 Å². The Morgan fingerprint density at radius 3 is 2.68 bits per heavy atom. The Bertz CT molecular complexity index is 1270.